The summed E-state index contributed by atoms with van der Waals surface area (Å²) in [5, 5.41) is 16.6. The van der Waals surface area contributed by atoms with Gasteiger partial charge in [-0.15, -0.1) is 11.3 Å². The van der Waals surface area contributed by atoms with Gasteiger partial charge in [0.2, 0.25) is 5.88 Å². The van der Waals surface area contributed by atoms with Gasteiger partial charge >= 0.3 is 0 Å². The van der Waals surface area contributed by atoms with Gasteiger partial charge in [0.05, 0.1) is 17.2 Å². The molecular formula is C20H17N7OS. The number of benzene rings is 1. The van der Waals surface area contributed by atoms with E-state index < -0.39 is 0 Å². The van der Waals surface area contributed by atoms with E-state index in [1.807, 2.05) is 18.4 Å². The van der Waals surface area contributed by atoms with E-state index in [4.69, 9.17) is 10.5 Å². The lowest BCUT2D eigenvalue weighted by Gasteiger charge is -2.11. The van der Waals surface area contributed by atoms with E-state index >= 15 is 0 Å². The minimum absolute atomic E-state index is 0.366. The standard InChI is InChI=1S/C20H17N7OS/c1-12-11-29-20(25-12)16-6-18(27(2)26-16)28-17-5-13(7-21)3-4-15(17)19-23-9-14(8-22)10-24-19/h3-6,9-11H,8,22H2,1-2H3. The first-order valence-corrected chi connectivity index (χ1v) is 9.65. The van der Waals surface area contributed by atoms with Crippen molar-refractivity contribution in [3.05, 3.63) is 58.9 Å². The van der Waals surface area contributed by atoms with Crippen LogP contribution in [-0.2, 0) is 13.6 Å². The van der Waals surface area contributed by atoms with Crippen LogP contribution in [0.25, 0.3) is 22.1 Å². The third kappa shape index (κ3) is 3.85. The van der Waals surface area contributed by atoms with Crippen molar-refractivity contribution >= 4 is 11.3 Å². The average Bonchev–Trinajstić information content (AvgIpc) is 3.34. The van der Waals surface area contributed by atoms with E-state index in [1.54, 1.807) is 42.3 Å². The summed E-state index contributed by atoms with van der Waals surface area (Å²) in [7, 11) is 1.79. The first-order valence-electron chi connectivity index (χ1n) is 8.77. The van der Waals surface area contributed by atoms with Crippen LogP contribution in [0.15, 0.2) is 42.0 Å². The molecule has 4 rings (SSSR count). The van der Waals surface area contributed by atoms with Crippen molar-refractivity contribution in [1.29, 1.82) is 5.26 Å². The zero-order valence-electron chi connectivity index (χ0n) is 15.8. The molecule has 0 unspecified atom stereocenters. The molecule has 0 amide bonds. The van der Waals surface area contributed by atoms with Gasteiger partial charge in [0.15, 0.2) is 5.82 Å². The number of aromatic nitrogens is 5. The van der Waals surface area contributed by atoms with Crippen molar-refractivity contribution in [2.75, 3.05) is 0 Å². The fourth-order valence-corrected chi connectivity index (χ4v) is 3.45. The average molecular weight is 403 g/mol. The quantitative estimate of drug-likeness (QED) is 0.543. The Balaban J connectivity index is 1.72. The Labute approximate surface area is 171 Å². The Hall–Kier alpha value is -3.61. The van der Waals surface area contributed by atoms with Crippen LogP contribution in [0.3, 0.4) is 0 Å². The van der Waals surface area contributed by atoms with Crippen molar-refractivity contribution < 1.29 is 4.74 Å². The second-order valence-corrected chi connectivity index (χ2v) is 7.19. The second-order valence-electron chi connectivity index (χ2n) is 6.33. The van der Waals surface area contributed by atoms with Crippen molar-refractivity contribution in [3.63, 3.8) is 0 Å². The first-order chi connectivity index (χ1) is 14.1. The van der Waals surface area contributed by atoms with Gasteiger partial charge in [0.1, 0.15) is 16.5 Å². The van der Waals surface area contributed by atoms with Gasteiger partial charge in [-0.1, -0.05) is 0 Å². The normalized spacial score (nSPS) is 10.7. The van der Waals surface area contributed by atoms with Crippen molar-refractivity contribution in [1.82, 2.24) is 24.7 Å². The summed E-state index contributed by atoms with van der Waals surface area (Å²) in [5.74, 6) is 1.47. The summed E-state index contributed by atoms with van der Waals surface area (Å²) < 4.78 is 7.76. The summed E-state index contributed by atoms with van der Waals surface area (Å²) in [6.45, 7) is 2.31. The number of aryl methyl sites for hydroxylation is 2. The molecule has 0 aliphatic rings. The Kier molecular flexibility index (Phi) is 5.03. The van der Waals surface area contributed by atoms with E-state index in [2.05, 4.69) is 26.1 Å². The number of hydrogen-bond acceptors (Lipinski definition) is 8. The molecule has 0 bridgehead atoms. The summed E-state index contributed by atoms with van der Waals surface area (Å²) in [5.41, 5.74) is 9.26. The summed E-state index contributed by atoms with van der Waals surface area (Å²) in [4.78, 5) is 13.2. The third-order valence-corrected chi connectivity index (χ3v) is 5.16. The number of hydrogen-bond donors (Lipinski definition) is 1. The smallest absolute Gasteiger partial charge is 0.218 e. The highest BCUT2D eigenvalue weighted by molar-refractivity contribution is 7.13. The summed E-state index contributed by atoms with van der Waals surface area (Å²) >= 11 is 1.52. The molecule has 0 spiro atoms. The molecule has 0 radical (unpaired) electrons. The highest BCUT2D eigenvalue weighted by Crippen LogP contribution is 2.34. The maximum atomic E-state index is 9.29. The number of thiazole rings is 1. The molecule has 8 nitrogen and oxygen atoms in total. The minimum Gasteiger partial charge on any atom is -0.438 e. The zero-order valence-corrected chi connectivity index (χ0v) is 16.6. The molecule has 1 aromatic carbocycles. The maximum absolute atomic E-state index is 9.29. The SMILES string of the molecule is Cc1csc(-c2cc(Oc3cc(C#N)ccc3-c3ncc(CN)cn3)n(C)n2)n1. The number of nitrogens with zero attached hydrogens (tertiary/aromatic N) is 6. The predicted molar refractivity (Wildman–Crippen MR) is 109 cm³/mol. The molecule has 0 atom stereocenters. The lowest BCUT2D eigenvalue weighted by Crippen LogP contribution is -2.01. The van der Waals surface area contributed by atoms with E-state index in [0.29, 0.717) is 35.1 Å². The molecule has 0 saturated carbocycles. The van der Waals surface area contributed by atoms with Crippen LogP contribution in [0.4, 0.5) is 0 Å². The molecule has 29 heavy (non-hydrogen) atoms. The van der Waals surface area contributed by atoms with Gasteiger partial charge in [0, 0.05) is 48.7 Å². The van der Waals surface area contributed by atoms with E-state index in [1.165, 1.54) is 11.3 Å². The van der Waals surface area contributed by atoms with Gasteiger partial charge in [-0.3, -0.25) is 0 Å². The molecule has 9 heteroatoms. The number of nitrogens with two attached hydrogens (primary N) is 1. The van der Waals surface area contributed by atoms with Crippen LogP contribution in [0.5, 0.6) is 11.6 Å². The maximum Gasteiger partial charge on any atom is 0.218 e. The van der Waals surface area contributed by atoms with Gasteiger partial charge in [-0.05, 0) is 25.1 Å². The van der Waals surface area contributed by atoms with E-state index in [0.717, 1.165) is 22.0 Å². The second kappa shape index (κ2) is 7.79. The van der Waals surface area contributed by atoms with Crippen molar-refractivity contribution in [3.8, 4) is 39.8 Å². The van der Waals surface area contributed by atoms with Crippen LogP contribution < -0.4 is 10.5 Å². The van der Waals surface area contributed by atoms with Crippen LogP contribution in [-0.4, -0.2) is 24.7 Å². The molecule has 3 heterocycles. The lowest BCUT2D eigenvalue weighted by atomic mass is 10.1. The Bertz CT molecular complexity index is 1200. The molecule has 0 aliphatic heterocycles. The number of nitriles is 1. The Morgan fingerprint density at radius 2 is 2.03 bits per heavy atom. The van der Waals surface area contributed by atoms with Gasteiger partial charge in [-0.25, -0.2) is 19.6 Å². The zero-order chi connectivity index (χ0) is 20.4. The molecule has 3 aromatic heterocycles. The minimum atomic E-state index is 0.366. The van der Waals surface area contributed by atoms with E-state index in [9.17, 15) is 5.26 Å². The first kappa shape index (κ1) is 18.7. The summed E-state index contributed by atoms with van der Waals surface area (Å²) in [6, 6.07) is 9.09. The molecular weight excluding hydrogens is 386 g/mol. The predicted octanol–water partition coefficient (Wildman–Crippen LogP) is 3.43. The molecule has 0 saturated heterocycles. The fourth-order valence-electron chi connectivity index (χ4n) is 2.69. The number of ether oxygens (including phenoxy) is 1. The summed E-state index contributed by atoms with van der Waals surface area (Å²) in [6.07, 6.45) is 3.36. The highest BCUT2D eigenvalue weighted by Gasteiger charge is 2.16. The van der Waals surface area contributed by atoms with Crippen molar-refractivity contribution in [2.24, 2.45) is 12.8 Å². The molecule has 2 N–H and O–H groups in total. The Morgan fingerprint density at radius 3 is 2.69 bits per heavy atom. The van der Waals surface area contributed by atoms with Crippen LogP contribution in [0.2, 0.25) is 0 Å². The monoisotopic (exact) mass is 403 g/mol. The lowest BCUT2D eigenvalue weighted by molar-refractivity contribution is 0.432. The molecule has 0 fully saturated rings. The molecule has 4 aromatic rings. The topological polar surface area (TPSA) is 116 Å². The van der Waals surface area contributed by atoms with Gasteiger partial charge < -0.3 is 10.5 Å². The largest absolute Gasteiger partial charge is 0.438 e. The fraction of sp³-hybridized carbons (Fsp3) is 0.150. The van der Waals surface area contributed by atoms with Crippen LogP contribution in [0.1, 0.15) is 16.8 Å². The van der Waals surface area contributed by atoms with Crippen LogP contribution in [0, 0.1) is 18.3 Å². The van der Waals surface area contributed by atoms with Crippen molar-refractivity contribution in [2.45, 2.75) is 13.5 Å². The Morgan fingerprint density at radius 1 is 1.24 bits per heavy atom. The molecule has 144 valence electrons. The number of rotatable bonds is 5. The van der Waals surface area contributed by atoms with E-state index in [-0.39, 0.29) is 0 Å². The molecule has 0 aliphatic carbocycles. The van der Waals surface area contributed by atoms with Crippen LogP contribution >= 0.6 is 11.3 Å². The highest BCUT2D eigenvalue weighted by atomic mass is 32.1. The van der Waals surface area contributed by atoms with Gasteiger partial charge in [0.25, 0.3) is 0 Å². The van der Waals surface area contributed by atoms with Gasteiger partial charge in [-0.2, -0.15) is 10.4 Å². The third-order valence-electron chi connectivity index (χ3n) is 4.18.